The fraction of sp³-hybridized carbons (Fsp3) is 0.188. The number of benzene rings is 2. The third-order valence-electron chi connectivity index (χ3n) is 2.77. The largest absolute Gasteiger partial charge is 0.298 e. The van der Waals surface area contributed by atoms with Crippen molar-refractivity contribution in [1.82, 2.24) is 0 Å². The lowest BCUT2D eigenvalue weighted by atomic mass is 10.1. The van der Waals surface area contributed by atoms with Gasteiger partial charge in [-0.2, -0.15) is 0 Å². The van der Waals surface area contributed by atoms with E-state index in [4.69, 9.17) is 0 Å². The molecule has 0 spiro atoms. The lowest BCUT2D eigenvalue weighted by Gasteiger charge is -2.03. The number of carbonyl (C=O) groups is 1. The van der Waals surface area contributed by atoms with Crippen molar-refractivity contribution in [3.63, 3.8) is 0 Å². The molecule has 0 atom stereocenters. The Labute approximate surface area is 116 Å². The molecule has 0 fully saturated rings. The summed E-state index contributed by atoms with van der Waals surface area (Å²) < 4.78 is 13.4. The molecule has 98 valence electrons. The van der Waals surface area contributed by atoms with Gasteiger partial charge in [0.2, 0.25) is 0 Å². The predicted octanol–water partition coefficient (Wildman–Crippen LogP) is 4.04. The summed E-state index contributed by atoms with van der Waals surface area (Å²) >= 11 is 1.49. The molecule has 0 aliphatic rings. The minimum Gasteiger partial charge on any atom is -0.298 e. The average molecular weight is 274 g/mol. The Balaban J connectivity index is 1.88. The maximum atomic E-state index is 13.4. The molecular weight excluding hydrogens is 259 g/mol. The number of Topliss-reactive ketones (excluding diaryl/α,β-unsaturated/α-hetero) is 1. The second-order valence-electron chi connectivity index (χ2n) is 4.41. The maximum absolute atomic E-state index is 13.4. The molecule has 0 bridgehead atoms. The number of hydrogen-bond donors (Lipinski definition) is 0. The van der Waals surface area contributed by atoms with E-state index in [0.29, 0.717) is 11.3 Å². The lowest BCUT2D eigenvalue weighted by molar-refractivity contribution is -0.116. The van der Waals surface area contributed by atoms with E-state index in [9.17, 15) is 9.18 Å². The van der Waals surface area contributed by atoms with E-state index in [0.717, 1.165) is 4.90 Å². The van der Waals surface area contributed by atoms with Gasteiger partial charge in [0.05, 0.1) is 5.75 Å². The minimum absolute atomic E-state index is 0.0377. The molecular formula is C16H15FOS. The third kappa shape index (κ3) is 4.21. The van der Waals surface area contributed by atoms with Gasteiger partial charge in [0.15, 0.2) is 0 Å². The van der Waals surface area contributed by atoms with Crippen molar-refractivity contribution in [1.29, 1.82) is 0 Å². The summed E-state index contributed by atoms with van der Waals surface area (Å²) in [4.78, 5) is 12.9. The normalized spacial score (nSPS) is 10.4. The van der Waals surface area contributed by atoms with Crippen LogP contribution in [0.2, 0.25) is 0 Å². The smallest absolute Gasteiger partial charge is 0.147 e. The summed E-state index contributed by atoms with van der Waals surface area (Å²) in [7, 11) is 0. The first kappa shape index (κ1) is 13.8. The van der Waals surface area contributed by atoms with E-state index in [2.05, 4.69) is 0 Å². The van der Waals surface area contributed by atoms with Gasteiger partial charge in [-0.15, -0.1) is 11.8 Å². The van der Waals surface area contributed by atoms with Gasteiger partial charge in [-0.05, 0) is 30.7 Å². The molecule has 0 aliphatic carbocycles. The molecule has 2 rings (SSSR count). The average Bonchev–Trinajstić information content (AvgIpc) is 2.41. The standard InChI is InChI=1S/C16H15FOS/c1-12-6-8-15(9-7-12)19-11-14(18)10-13-4-2-3-5-16(13)17/h2-9H,10-11H2,1H3. The molecule has 2 aromatic carbocycles. The Morgan fingerprint density at radius 2 is 1.79 bits per heavy atom. The van der Waals surface area contributed by atoms with E-state index >= 15 is 0 Å². The van der Waals surface area contributed by atoms with Crippen LogP contribution in [-0.2, 0) is 11.2 Å². The van der Waals surface area contributed by atoms with Crippen LogP contribution >= 0.6 is 11.8 Å². The van der Waals surface area contributed by atoms with Gasteiger partial charge in [-0.1, -0.05) is 35.9 Å². The zero-order chi connectivity index (χ0) is 13.7. The van der Waals surface area contributed by atoms with E-state index in [1.165, 1.54) is 23.4 Å². The summed E-state index contributed by atoms with van der Waals surface area (Å²) in [6, 6.07) is 14.4. The van der Waals surface area contributed by atoms with Crippen molar-refractivity contribution < 1.29 is 9.18 Å². The van der Waals surface area contributed by atoms with Crippen molar-refractivity contribution in [2.75, 3.05) is 5.75 Å². The van der Waals surface area contributed by atoms with Crippen LogP contribution < -0.4 is 0 Å². The summed E-state index contributed by atoms with van der Waals surface area (Å²) in [6.45, 7) is 2.03. The fourth-order valence-corrected chi connectivity index (χ4v) is 2.46. The molecule has 0 unspecified atom stereocenters. The molecule has 0 aliphatic heterocycles. The fourth-order valence-electron chi connectivity index (χ4n) is 1.70. The van der Waals surface area contributed by atoms with Gasteiger partial charge in [0.25, 0.3) is 0 Å². The SMILES string of the molecule is Cc1ccc(SCC(=O)Cc2ccccc2F)cc1. The number of halogens is 1. The van der Waals surface area contributed by atoms with Gasteiger partial charge in [-0.3, -0.25) is 4.79 Å². The van der Waals surface area contributed by atoms with Crippen LogP contribution in [0.15, 0.2) is 53.4 Å². The van der Waals surface area contributed by atoms with Gasteiger partial charge in [-0.25, -0.2) is 4.39 Å². The Hall–Kier alpha value is -1.61. The Morgan fingerprint density at radius 1 is 1.11 bits per heavy atom. The van der Waals surface area contributed by atoms with E-state index in [-0.39, 0.29) is 18.0 Å². The highest BCUT2D eigenvalue weighted by molar-refractivity contribution is 8.00. The third-order valence-corrected chi connectivity index (χ3v) is 3.84. The van der Waals surface area contributed by atoms with E-state index in [1.807, 2.05) is 31.2 Å². The second-order valence-corrected chi connectivity index (χ2v) is 5.46. The Morgan fingerprint density at radius 3 is 2.47 bits per heavy atom. The van der Waals surface area contributed by atoms with Crippen molar-refractivity contribution in [3.8, 4) is 0 Å². The lowest BCUT2D eigenvalue weighted by Crippen LogP contribution is -2.07. The molecule has 0 heterocycles. The quantitative estimate of drug-likeness (QED) is 0.765. The molecule has 0 saturated heterocycles. The number of hydrogen-bond acceptors (Lipinski definition) is 2. The highest BCUT2D eigenvalue weighted by atomic mass is 32.2. The number of thioether (sulfide) groups is 1. The monoisotopic (exact) mass is 274 g/mol. The van der Waals surface area contributed by atoms with Gasteiger partial charge in [0.1, 0.15) is 11.6 Å². The summed E-state index contributed by atoms with van der Waals surface area (Å²) in [5.41, 5.74) is 1.67. The molecule has 0 saturated carbocycles. The summed E-state index contributed by atoms with van der Waals surface area (Å²) in [5, 5.41) is 0. The van der Waals surface area contributed by atoms with E-state index in [1.54, 1.807) is 18.2 Å². The van der Waals surface area contributed by atoms with Crippen LogP contribution in [0.3, 0.4) is 0 Å². The number of carbonyl (C=O) groups excluding carboxylic acids is 1. The van der Waals surface area contributed by atoms with Crippen LogP contribution in [0.1, 0.15) is 11.1 Å². The zero-order valence-electron chi connectivity index (χ0n) is 10.7. The van der Waals surface area contributed by atoms with Crippen molar-refractivity contribution >= 4 is 17.5 Å². The van der Waals surface area contributed by atoms with Crippen LogP contribution in [0, 0.1) is 12.7 Å². The molecule has 2 aromatic rings. The first-order valence-corrected chi connectivity index (χ1v) is 7.08. The number of ketones is 1. The first-order chi connectivity index (χ1) is 9.15. The molecule has 3 heteroatoms. The van der Waals surface area contributed by atoms with E-state index < -0.39 is 0 Å². The second kappa shape index (κ2) is 6.53. The maximum Gasteiger partial charge on any atom is 0.147 e. The Bertz CT molecular complexity index is 563. The van der Waals surface area contributed by atoms with Crippen LogP contribution in [0.4, 0.5) is 4.39 Å². The summed E-state index contributed by atoms with van der Waals surface area (Å²) in [6.07, 6.45) is 0.158. The molecule has 1 nitrogen and oxygen atoms in total. The van der Waals surface area contributed by atoms with Crippen molar-refractivity contribution in [2.45, 2.75) is 18.2 Å². The summed E-state index contributed by atoms with van der Waals surface area (Å²) in [5.74, 6) is 0.101. The van der Waals surface area contributed by atoms with Crippen LogP contribution in [0.5, 0.6) is 0 Å². The molecule has 0 radical (unpaired) electrons. The zero-order valence-corrected chi connectivity index (χ0v) is 11.5. The molecule has 0 amide bonds. The molecule has 19 heavy (non-hydrogen) atoms. The minimum atomic E-state index is -0.309. The van der Waals surface area contributed by atoms with Gasteiger partial charge >= 0.3 is 0 Å². The number of rotatable bonds is 5. The van der Waals surface area contributed by atoms with Gasteiger partial charge < -0.3 is 0 Å². The highest BCUT2D eigenvalue weighted by Crippen LogP contribution is 2.19. The predicted molar refractivity (Wildman–Crippen MR) is 77.0 cm³/mol. The Kier molecular flexibility index (Phi) is 4.74. The topological polar surface area (TPSA) is 17.1 Å². The molecule has 0 aromatic heterocycles. The van der Waals surface area contributed by atoms with Crippen molar-refractivity contribution in [2.24, 2.45) is 0 Å². The van der Waals surface area contributed by atoms with Crippen molar-refractivity contribution in [3.05, 3.63) is 65.5 Å². The van der Waals surface area contributed by atoms with Gasteiger partial charge in [0, 0.05) is 11.3 Å². The first-order valence-electron chi connectivity index (χ1n) is 6.10. The molecule has 0 N–H and O–H groups in total. The highest BCUT2D eigenvalue weighted by Gasteiger charge is 2.08. The van der Waals surface area contributed by atoms with Crippen LogP contribution in [-0.4, -0.2) is 11.5 Å². The number of aryl methyl sites for hydroxylation is 1. The van der Waals surface area contributed by atoms with Crippen LogP contribution in [0.25, 0.3) is 0 Å².